The van der Waals surface area contributed by atoms with Crippen LogP contribution < -0.4 is 5.19 Å². The number of hydrogen-bond acceptors (Lipinski definition) is 4. The van der Waals surface area contributed by atoms with Gasteiger partial charge < -0.3 is 9.52 Å². The smallest absolute Gasteiger partial charge is 0.155 e. The number of nitrogens with zero attached hydrogens (tertiary/aromatic N) is 1. The third-order valence-electron chi connectivity index (χ3n) is 6.50. The van der Waals surface area contributed by atoms with Gasteiger partial charge >= 0.3 is 0 Å². The van der Waals surface area contributed by atoms with Crippen LogP contribution >= 0.6 is 0 Å². The number of aliphatic hydroxyl groups is 1. The van der Waals surface area contributed by atoms with Crippen molar-refractivity contribution in [2.45, 2.75) is 59.7 Å². The SMILES string of the molecule is CC(=O)/C=C(/C)O.CC(C)(C)c1cc(-c2nccc3c2oc2cc([Si](C)(C)C)ccc23)[c-]c2ccccc12.[Ir]. The summed E-state index contributed by atoms with van der Waals surface area (Å²) in [6.45, 7) is 16.7. The Morgan fingerprint density at radius 1 is 0.974 bits per heavy atom. The van der Waals surface area contributed by atoms with Gasteiger partial charge in [0.15, 0.2) is 5.78 Å². The van der Waals surface area contributed by atoms with Crippen molar-refractivity contribution in [3.05, 3.63) is 84.3 Å². The summed E-state index contributed by atoms with van der Waals surface area (Å²) in [7, 11) is -1.42. The van der Waals surface area contributed by atoms with E-state index in [1.54, 1.807) is 0 Å². The molecule has 0 saturated heterocycles. The Morgan fingerprint density at radius 2 is 1.67 bits per heavy atom. The number of aliphatic hydroxyl groups excluding tert-OH is 1. The number of fused-ring (bicyclic) bond motifs is 4. The van der Waals surface area contributed by atoms with E-state index >= 15 is 0 Å². The minimum Gasteiger partial charge on any atom is -0.512 e. The third kappa shape index (κ3) is 6.75. The maximum atomic E-state index is 10.0. The Balaban J connectivity index is 0.000000468. The third-order valence-corrected chi connectivity index (χ3v) is 8.55. The molecule has 5 rings (SSSR count). The Bertz CT molecular complexity index is 1680. The van der Waals surface area contributed by atoms with Gasteiger partial charge in [-0.25, -0.2) is 0 Å². The molecular weight excluding hydrogens is 679 g/mol. The first kappa shape index (κ1) is 30.5. The maximum Gasteiger partial charge on any atom is 0.155 e. The molecular formula is C33H36IrNO3Si-. The van der Waals surface area contributed by atoms with Crippen molar-refractivity contribution >= 4 is 51.8 Å². The van der Waals surface area contributed by atoms with Crippen molar-refractivity contribution in [2.75, 3.05) is 0 Å². The number of benzene rings is 3. The summed E-state index contributed by atoms with van der Waals surface area (Å²) in [6, 6.07) is 23.1. The maximum absolute atomic E-state index is 10.0. The van der Waals surface area contributed by atoms with Gasteiger partial charge in [-0.3, -0.25) is 9.78 Å². The number of carbonyl (C=O) groups excluding carboxylic acids is 1. The van der Waals surface area contributed by atoms with Gasteiger partial charge in [0.05, 0.1) is 13.8 Å². The number of pyridine rings is 1. The van der Waals surface area contributed by atoms with E-state index in [0.29, 0.717) is 0 Å². The number of aromatic nitrogens is 1. The second-order valence-corrected chi connectivity index (χ2v) is 17.0. The molecule has 2 heterocycles. The molecule has 1 radical (unpaired) electrons. The zero-order valence-electron chi connectivity index (χ0n) is 23.9. The van der Waals surface area contributed by atoms with Gasteiger partial charge in [0, 0.05) is 48.8 Å². The average molecular weight is 715 g/mol. The molecule has 0 fully saturated rings. The summed E-state index contributed by atoms with van der Waals surface area (Å²) in [5.74, 6) is -0.0625. The topological polar surface area (TPSA) is 63.3 Å². The monoisotopic (exact) mass is 715 g/mol. The van der Waals surface area contributed by atoms with E-state index in [0.717, 1.165) is 38.6 Å². The van der Waals surface area contributed by atoms with Gasteiger partial charge in [-0.15, -0.1) is 29.1 Å². The molecule has 4 nitrogen and oxygen atoms in total. The van der Waals surface area contributed by atoms with Crippen LogP contribution in [0.25, 0.3) is 44.0 Å². The molecule has 6 heteroatoms. The molecule has 0 spiro atoms. The van der Waals surface area contributed by atoms with Gasteiger partial charge in [0.25, 0.3) is 0 Å². The van der Waals surface area contributed by atoms with E-state index < -0.39 is 8.07 Å². The molecule has 0 aliphatic rings. The molecule has 0 amide bonds. The van der Waals surface area contributed by atoms with Crippen LogP contribution in [0.5, 0.6) is 0 Å². The second kappa shape index (κ2) is 11.6. The first-order valence-electron chi connectivity index (χ1n) is 12.9. The molecule has 2 aromatic heterocycles. The minimum atomic E-state index is -1.42. The number of ketones is 1. The Morgan fingerprint density at radius 3 is 2.26 bits per heavy atom. The van der Waals surface area contributed by atoms with Crippen LogP contribution in [0.15, 0.2) is 77.0 Å². The molecule has 0 saturated carbocycles. The molecule has 205 valence electrons. The normalized spacial score (nSPS) is 12.3. The predicted molar refractivity (Wildman–Crippen MR) is 162 cm³/mol. The number of furan rings is 1. The average Bonchev–Trinajstić information content (AvgIpc) is 3.20. The summed E-state index contributed by atoms with van der Waals surface area (Å²) in [5.41, 5.74) is 4.95. The quantitative estimate of drug-likeness (QED) is 0.0882. The molecule has 0 aliphatic heterocycles. The Kier molecular flexibility index (Phi) is 9.06. The van der Waals surface area contributed by atoms with Crippen LogP contribution in [0.2, 0.25) is 19.6 Å². The first-order chi connectivity index (χ1) is 17.8. The summed E-state index contributed by atoms with van der Waals surface area (Å²) >= 11 is 0. The van der Waals surface area contributed by atoms with Crippen LogP contribution in [0.1, 0.15) is 40.2 Å². The summed E-state index contributed by atoms with van der Waals surface area (Å²) in [4.78, 5) is 14.8. The molecule has 5 aromatic rings. The Hall–Kier alpha value is -3.05. The first-order valence-corrected chi connectivity index (χ1v) is 16.4. The van der Waals surface area contributed by atoms with Crippen molar-refractivity contribution in [3.63, 3.8) is 0 Å². The van der Waals surface area contributed by atoms with Gasteiger partial charge in [-0.1, -0.05) is 86.9 Å². The molecule has 0 atom stereocenters. The van der Waals surface area contributed by atoms with Crippen LogP contribution in [-0.2, 0) is 30.3 Å². The number of allylic oxidation sites excluding steroid dienone is 2. The largest absolute Gasteiger partial charge is 0.512 e. The molecule has 0 aliphatic carbocycles. The fourth-order valence-corrected chi connectivity index (χ4v) is 5.78. The second-order valence-electron chi connectivity index (χ2n) is 11.9. The van der Waals surface area contributed by atoms with Gasteiger partial charge in [-0.05, 0) is 31.4 Å². The van der Waals surface area contributed by atoms with Crippen molar-refractivity contribution in [1.82, 2.24) is 4.98 Å². The Labute approximate surface area is 245 Å². The number of rotatable bonds is 3. The minimum absolute atomic E-state index is 0. The molecule has 1 N–H and O–H groups in total. The van der Waals surface area contributed by atoms with Gasteiger partial charge in [0.2, 0.25) is 0 Å². The fourth-order valence-electron chi connectivity index (χ4n) is 4.63. The van der Waals surface area contributed by atoms with Crippen molar-refractivity contribution in [3.8, 4) is 11.3 Å². The number of carbonyl (C=O) groups is 1. The molecule has 3 aromatic carbocycles. The van der Waals surface area contributed by atoms with Gasteiger partial charge in [0.1, 0.15) is 11.2 Å². The van der Waals surface area contributed by atoms with Crippen molar-refractivity contribution in [1.29, 1.82) is 0 Å². The van der Waals surface area contributed by atoms with Gasteiger partial charge in [-0.2, -0.15) is 0 Å². The van der Waals surface area contributed by atoms with Crippen LogP contribution in [0.3, 0.4) is 0 Å². The van der Waals surface area contributed by atoms with Crippen LogP contribution in [-0.4, -0.2) is 23.9 Å². The fraction of sp³-hybridized carbons (Fsp3) is 0.273. The van der Waals surface area contributed by atoms with Crippen molar-refractivity contribution < 1.29 is 34.4 Å². The standard InChI is InChI=1S/C28H28NOSi.C5H8O2.Ir/c1-28(2,3)24-16-19(15-18-9-7-8-10-21(18)24)26-27-23(13-14-29-26)22-12-11-20(31(4,5)6)17-25(22)30-27;1-4(6)3-5(2)7;/h7-14,16-17H,1-6H3;3,6H,1-2H3;/q-1;;/b;4-3-;. The van der Waals surface area contributed by atoms with E-state index in [9.17, 15) is 4.79 Å². The number of hydrogen-bond donors (Lipinski definition) is 1. The zero-order valence-corrected chi connectivity index (χ0v) is 27.3. The molecule has 39 heavy (non-hydrogen) atoms. The van der Waals surface area contributed by atoms with Crippen LogP contribution in [0, 0.1) is 6.07 Å². The van der Waals surface area contributed by atoms with E-state index in [2.05, 4.69) is 101 Å². The predicted octanol–water partition coefficient (Wildman–Crippen LogP) is 8.48. The summed E-state index contributed by atoms with van der Waals surface area (Å²) in [5, 5.41) is 14.4. The van der Waals surface area contributed by atoms with Crippen molar-refractivity contribution in [2.24, 2.45) is 0 Å². The zero-order chi connectivity index (χ0) is 27.8. The van der Waals surface area contributed by atoms with E-state index in [4.69, 9.17) is 14.5 Å². The summed E-state index contributed by atoms with van der Waals surface area (Å²) < 4.78 is 6.45. The van der Waals surface area contributed by atoms with E-state index in [1.807, 2.05) is 6.20 Å². The summed E-state index contributed by atoms with van der Waals surface area (Å²) in [6.07, 6.45) is 3.05. The van der Waals surface area contributed by atoms with E-state index in [-0.39, 0.29) is 37.1 Å². The van der Waals surface area contributed by atoms with E-state index in [1.165, 1.54) is 36.1 Å². The van der Waals surface area contributed by atoms with Crippen LogP contribution in [0.4, 0.5) is 0 Å². The molecule has 0 bridgehead atoms. The molecule has 0 unspecified atom stereocenters.